The Morgan fingerprint density at radius 2 is 1.69 bits per heavy atom. The van der Waals surface area contributed by atoms with Crippen LogP contribution in [0.15, 0.2) is 12.3 Å². The summed E-state index contributed by atoms with van der Waals surface area (Å²) < 4.78 is 1.98. The zero-order chi connectivity index (χ0) is 10.8. The number of aryl methyl sites for hydroxylation is 1. The van der Waals surface area contributed by atoms with E-state index in [0.29, 0.717) is 5.41 Å². The number of nitrogens with zero attached hydrogens (tertiary/aromatic N) is 2. The summed E-state index contributed by atoms with van der Waals surface area (Å²) in [6.07, 6.45) is 11.0. The Bertz CT molecular complexity index is 383. The molecule has 2 heteroatoms. The molecule has 0 unspecified atom stereocenters. The van der Waals surface area contributed by atoms with Gasteiger partial charge in [-0.2, -0.15) is 5.10 Å². The lowest BCUT2D eigenvalue weighted by Crippen LogP contribution is -2.48. The molecule has 0 N–H and O–H groups in total. The maximum Gasteiger partial charge on any atom is 0.0686 e. The second kappa shape index (κ2) is 2.91. The molecule has 4 saturated carbocycles. The summed E-state index contributed by atoms with van der Waals surface area (Å²) in [4.78, 5) is 0. The lowest BCUT2D eigenvalue weighted by molar-refractivity contribution is -0.00742. The van der Waals surface area contributed by atoms with E-state index in [0.717, 1.165) is 17.8 Å². The van der Waals surface area contributed by atoms with E-state index in [1.165, 1.54) is 44.2 Å². The molecule has 5 rings (SSSR count). The minimum absolute atomic E-state index is 0.482. The maximum absolute atomic E-state index is 4.72. The van der Waals surface area contributed by atoms with Crippen LogP contribution in [0.25, 0.3) is 0 Å². The van der Waals surface area contributed by atoms with Gasteiger partial charge in [0.25, 0.3) is 0 Å². The summed E-state index contributed by atoms with van der Waals surface area (Å²) in [5.41, 5.74) is 1.88. The van der Waals surface area contributed by atoms with Gasteiger partial charge in [-0.3, -0.25) is 4.68 Å². The molecule has 4 bridgehead atoms. The SMILES string of the molecule is Cn1ccc(C23CC4CC(CC(C4)C2)C3)n1. The Kier molecular flexibility index (Phi) is 1.68. The summed E-state index contributed by atoms with van der Waals surface area (Å²) in [5.74, 6) is 3.06. The molecule has 0 spiro atoms. The third kappa shape index (κ3) is 1.16. The van der Waals surface area contributed by atoms with Crippen molar-refractivity contribution in [2.45, 2.75) is 43.9 Å². The summed E-state index contributed by atoms with van der Waals surface area (Å²) in [7, 11) is 2.05. The van der Waals surface area contributed by atoms with E-state index in [4.69, 9.17) is 5.10 Å². The highest BCUT2D eigenvalue weighted by Gasteiger charge is 2.52. The van der Waals surface area contributed by atoms with Crippen LogP contribution < -0.4 is 0 Å². The average molecular weight is 216 g/mol. The van der Waals surface area contributed by atoms with Gasteiger partial charge < -0.3 is 0 Å². The van der Waals surface area contributed by atoms with Crippen LogP contribution in [-0.4, -0.2) is 9.78 Å². The Morgan fingerprint density at radius 3 is 2.12 bits per heavy atom. The largest absolute Gasteiger partial charge is 0.276 e. The van der Waals surface area contributed by atoms with Crippen molar-refractivity contribution < 1.29 is 0 Å². The molecular weight excluding hydrogens is 196 g/mol. The highest BCUT2D eigenvalue weighted by atomic mass is 15.3. The molecule has 4 fully saturated rings. The quantitative estimate of drug-likeness (QED) is 0.706. The highest BCUT2D eigenvalue weighted by Crippen LogP contribution is 2.60. The Balaban J connectivity index is 1.76. The summed E-state index contributed by atoms with van der Waals surface area (Å²) in [6.45, 7) is 0. The van der Waals surface area contributed by atoms with E-state index >= 15 is 0 Å². The first-order valence-electron chi connectivity index (χ1n) is 6.74. The van der Waals surface area contributed by atoms with E-state index in [-0.39, 0.29) is 0 Å². The maximum atomic E-state index is 4.72. The molecule has 16 heavy (non-hydrogen) atoms. The lowest BCUT2D eigenvalue weighted by atomic mass is 9.49. The Labute approximate surface area is 97.0 Å². The van der Waals surface area contributed by atoms with Crippen LogP contribution in [0, 0.1) is 17.8 Å². The Morgan fingerprint density at radius 1 is 1.12 bits per heavy atom. The van der Waals surface area contributed by atoms with Crippen molar-refractivity contribution >= 4 is 0 Å². The first kappa shape index (κ1) is 9.26. The number of hydrogen-bond donors (Lipinski definition) is 0. The molecule has 1 aromatic rings. The van der Waals surface area contributed by atoms with Crippen molar-refractivity contribution in [3.8, 4) is 0 Å². The molecule has 2 nitrogen and oxygen atoms in total. The summed E-state index contributed by atoms with van der Waals surface area (Å²) >= 11 is 0. The van der Waals surface area contributed by atoms with Gasteiger partial charge in [0.15, 0.2) is 0 Å². The van der Waals surface area contributed by atoms with Gasteiger partial charge in [0.2, 0.25) is 0 Å². The molecule has 0 radical (unpaired) electrons. The fourth-order valence-electron chi connectivity index (χ4n) is 5.12. The molecule has 0 saturated heterocycles. The number of rotatable bonds is 1. The van der Waals surface area contributed by atoms with E-state index < -0.39 is 0 Å². The average Bonchev–Trinajstić information content (AvgIpc) is 2.63. The van der Waals surface area contributed by atoms with Crippen molar-refractivity contribution in [3.05, 3.63) is 18.0 Å². The molecular formula is C14H20N2. The molecule has 1 heterocycles. The van der Waals surface area contributed by atoms with Gasteiger partial charge in [0.05, 0.1) is 5.69 Å². The minimum Gasteiger partial charge on any atom is -0.276 e. The van der Waals surface area contributed by atoms with Crippen LogP contribution >= 0.6 is 0 Å². The summed E-state index contributed by atoms with van der Waals surface area (Å²) in [5, 5.41) is 4.72. The van der Waals surface area contributed by atoms with E-state index in [1.807, 2.05) is 11.7 Å². The molecule has 4 aliphatic carbocycles. The predicted molar refractivity (Wildman–Crippen MR) is 63.1 cm³/mol. The van der Waals surface area contributed by atoms with Crippen LogP contribution in [0.2, 0.25) is 0 Å². The molecule has 0 atom stereocenters. The Hall–Kier alpha value is -0.790. The van der Waals surface area contributed by atoms with Gasteiger partial charge in [-0.15, -0.1) is 0 Å². The molecule has 0 aromatic carbocycles. The topological polar surface area (TPSA) is 17.8 Å². The van der Waals surface area contributed by atoms with Crippen molar-refractivity contribution in [1.29, 1.82) is 0 Å². The minimum atomic E-state index is 0.482. The lowest BCUT2D eigenvalue weighted by Gasteiger charge is -2.56. The van der Waals surface area contributed by atoms with E-state index in [1.54, 1.807) is 0 Å². The van der Waals surface area contributed by atoms with Crippen molar-refractivity contribution in [2.24, 2.45) is 24.8 Å². The van der Waals surface area contributed by atoms with Gasteiger partial charge in [0, 0.05) is 18.7 Å². The molecule has 1 aromatic heterocycles. The zero-order valence-electron chi connectivity index (χ0n) is 10.0. The van der Waals surface area contributed by atoms with Crippen LogP contribution in [0.4, 0.5) is 0 Å². The monoisotopic (exact) mass is 216 g/mol. The number of aromatic nitrogens is 2. The van der Waals surface area contributed by atoms with Crippen molar-refractivity contribution in [2.75, 3.05) is 0 Å². The first-order chi connectivity index (χ1) is 7.73. The van der Waals surface area contributed by atoms with Crippen LogP contribution in [0.5, 0.6) is 0 Å². The number of hydrogen-bond acceptors (Lipinski definition) is 1. The van der Waals surface area contributed by atoms with Crippen LogP contribution in [-0.2, 0) is 12.5 Å². The van der Waals surface area contributed by atoms with Gasteiger partial charge in [-0.1, -0.05) is 0 Å². The second-order valence-electron chi connectivity index (χ2n) is 6.57. The van der Waals surface area contributed by atoms with Crippen molar-refractivity contribution in [3.63, 3.8) is 0 Å². The molecule has 86 valence electrons. The predicted octanol–water partition coefficient (Wildman–Crippen LogP) is 2.89. The normalized spacial score (nSPS) is 45.2. The summed E-state index contributed by atoms with van der Waals surface area (Å²) in [6, 6.07) is 2.27. The fraction of sp³-hybridized carbons (Fsp3) is 0.786. The van der Waals surface area contributed by atoms with Gasteiger partial charge in [-0.25, -0.2) is 0 Å². The van der Waals surface area contributed by atoms with Gasteiger partial charge in [-0.05, 0) is 62.3 Å². The van der Waals surface area contributed by atoms with Crippen LogP contribution in [0.1, 0.15) is 44.2 Å². The van der Waals surface area contributed by atoms with E-state index in [9.17, 15) is 0 Å². The highest BCUT2D eigenvalue weighted by molar-refractivity contribution is 5.21. The molecule has 0 amide bonds. The molecule has 0 aliphatic heterocycles. The molecule has 4 aliphatic rings. The van der Waals surface area contributed by atoms with Gasteiger partial charge >= 0.3 is 0 Å². The first-order valence-corrected chi connectivity index (χ1v) is 6.74. The standard InChI is InChI=1S/C14H20N2/c1-16-3-2-13(15-16)14-7-10-4-11(8-14)6-12(5-10)9-14/h2-3,10-12H,4-9H2,1H3. The zero-order valence-corrected chi connectivity index (χ0v) is 10.0. The van der Waals surface area contributed by atoms with Crippen molar-refractivity contribution in [1.82, 2.24) is 9.78 Å². The third-order valence-electron chi connectivity index (χ3n) is 5.30. The van der Waals surface area contributed by atoms with Crippen LogP contribution in [0.3, 0.4) is 0 Å². The smallest absolute Gasteiger partial charge is 0.0686 e. The van der Waals surface area contributed by atoms with Gasteiger partial charge in [0.1, 0.15) is 0 Å². The third-order valence-corrected chi connectivity index (χ3v) is 5.30. The second-order valence-corrected chi connectivity index (χ2v) is 6.57. The van der Waals surface area contributed by atoms with E-state index in [2.05, 4.69) is 12.3 Å². The fourth-order valence-corrected chi connectivity index (χ4v) is 5.12.